The average molecular weight is 367 g/mol. The fourth-order valence-electron chi connectivity index (χ4n) is 3.63. The van der Waals surface area contributed by atoms with Crippen LogP contribution in [0.2, 0.25) is 0 Å². The Morgan fingerprint density at radius 3 is 2.56 bits per heavy atom. The van der Waals surface area contributed by atoms with E-state index in [0.717, 1.165) is 49.7 Å². The molecule has 0 radical (unpaired) electrons. The maximum absolute atomic E-state index is 10.9. The van der Waals surface area contributed by atoms with E-state index in [0.29, 0.717) is 6.54 Å². The first-order chi connectivity index (χ1) is 13.1. The van der Waals surface area contributed by atoms with Gasteiger partial charge in [-0.25, -0.2) is 9.97 Å². The highest BCUT2D eigenvalue weighted by molar-refractivity contribution is 5.38. The third-order valence-electron chi connectivity index (χ3n) is 5.26. The summed E-state index contributed by atoms with van der Waals surface area (Å²) in [6.45, 7) is 3.06. The van der Waals surface area contributed by atoms with Crippen molar-refractivity contribution in [1.29, 1.82) is 0 Å². The Labute approximate surface area is 158 Å². The summed E-state index contributed by atoms with van der Waals surface area (Å²) in [6, 6.07) is 7.97. The lowest BCUT2D eigenvalue weighted by molar-refractivity contribution is -0.0362. The second kappa shape index (κ2) is 7.54. The number of imidazole rings is 2. The highest BCUT2D eigenvalue weighted by Crippen LogP contribution is 2.25. The molecule has 0 saturated carbocycles. The standard InChI is InChI=1S/C20H25N5O2/c1-27-18-4-2-17(3-5-18)25-13-9-22-19(25)14-23-10-6-20(26,7-11-23)15-24-12-8-21-16-24/h2-5,8-9,12-13,16,26H,6-7,10-11,14-15H2,1H3. The van der Waals surface area contributed by atoms with Crippen molar-refractivity contribution in [3.8, 4) is 11.4 Å². The Bertz CT molecular complexity index is 849. The third-order valence-corrected chi connectivity index (χ3v) is 5.26. The Morgan fingerprint density at radius 1 is 1.11 bits per heavy atom. The van der Waals surface area contributed by atoms with Crippen LogP contribution in [0.1, 0.15) is 18.7 Å². The molecule has 0 aliphatic carbocycles. The Hall–Kier alpha value is -2.64. The summed E-state index contributed by atoms with van der Waals surface area (Å²) in [5, 5.41) is 10.9. The molecule has 1 N–H and O–H groups in total. The molecule has 1 saturated heterocycles. The van der Waals surface area contributed by atoms with Crippen LogP contribution in [0.25, 0.3) is 5.69 Å². The van der Waals surface area contributed by atoms with E-state index in [1.807, 2.05) is 47.4 Å². The molecule has 0 unspecified atom stereocenters. The monoisotopic (exact) mass is 367 g/mol. The van der Waals surface area contributed by atoms with Gasteiger partial charge in [-0.05, 0) is 37.1 Å². The molecule has 0 spiro atoms. The van der Waals surface area contributed by atoms with Crippen LogP contribution < -0.4 is 4.74 Å². The number of methoxy groups -OCH3 is 1. The zero-order valence-corrected chi connectivity index (χ0v) is 15.5. The minimum absolute atomic E-state index is 0.599. The van der Waals surface area contributed by atoms with Gasteiger partial charge < -0.3 is 19.0 Å². The zero-order chi connectivity index (χ0) is 18.7. The van der Waals surface area contributed by atoms with Gasteiger partial charge >= 0.3 is 0 Å². The molecule has 1 aromatic carbocycles. The summed E-state index contributed by atoms with van der Waals surface area (Å²) in [4.78, 5) is 10.9. The average Bonchev–Trinajstić information content (AvgIpc) is 3.36. The number of aliphatic hydroxyl groups is 1. The van der Waals surface area contributed by atoms with Gasteiger partial charge in [-0.1, -0.05) is 0 Å². The van der Waals surface area contributed by atoms with Crippen LogP contribution in [-0.2, 0) is 13.1 Å². The molecule has 7 heteroatoms. The minimum atomic E-state index is -0.664. The summed E-state index contributed by atoms with van der Waals surface area (Å²) in [7, 11) is 1.67. The molecule has 1 fully saturated rings. The molecule has 2 aromatic heterocycles. The van der Waals surface area contributed by atoms with Crippen molar-refractivity contribution in [3.05, 3.63) is 61.2 Å². The van der Waals surface area contributed by atoms with Crippen LogP contribution in [-0.4, -0.2) is 54.9 Å². The predicted octanol–water partition coefficient (Wildman–Crippen LogP) is 2.10. The van der Waals surface area contributed by atoms with Crippen molar-refractivity contribution in [1.82, 2.24) is 24.0 Å². The topological polar surface area (TPSA) is 68.3 Å². The summed E-state index contributed by atoms with van der Waals surface area (Å²) < 4.78 is 9.29. The summed E-state index contributed by atoms with van der Waals surface area (Å²) in [5.74, 6) is 1.84. The molecule has 1 aliphatic rings. The van der Waals surface area contributed by atoms with E-state index in [4.69, 9.17) is 4.74 Å². The SMILES string of the molecule is COc1ccc(-n2ccnc2CN2CCC(O)(Cn3ccnc3)CC2)cc1. The number of rotatable bonds is 6. The Kier molecular flexibility index (Phi) is 4.96. The van der Waals surface area contributed by atoms with E-state index in [1.165, 1.54) is 0 Å². The molecule has 27 heavy (non-hydrogen) atoms. The lowest BCUT2D eigenvalue weighted by atomic mass is 9.91. The molecule has 1 aliphatic heterocycles. The second-order valence-corrected chi connectivity index (χ2v) is 7.15. The van der Waals surface area contributed by atoms with Gasteiger partial charge in [-0.2, -0.15) is 0 Å². The van der Waals surface area contributed by atoms with Crippen LogP contribution in [0.5, 0.6) is 5.75 Å². The smallest absolute Gasteiger partial charge is 0.127 e. The third kappa shape index (κ3) is 4.04. The van der Waals surface area contributed by atoms with Crippen molar-refractivity contribution in [2.75, 3.05) is 20.2 Å². The van der Waals surface area contributed by atoms with Gasteiger partial charge in [-0.3, -0.25) is 4.90 Å². The van der Waals surface area contributed by atoms with Gasteiger partial charge in [0.05, 0.1) is 32.1 Å². The normalized spacial score (nSPS) is 17.1. The van der Waals surface area contributed by atoms with Crippen LogP contribution in [0.15, 0.2) is 55.4 Å². The molecule has 3 aromatic rings. The fourth-order valence-corrected chi connectivity index (χ4v) is 3.63. The maximum atomic E-state index is 10.9. The first-order valence-corrected chi connectivity index (χ1v) is 9.22. The molecule has 0 bridgehead atoms. The molecular formula is C20H25N5O2. The van der Waals surface area contributed by atoms with Crippen LogP contribution in [0.3, 0.4) is 0 Å². The van der Waals surface area contributed by atoms with Crippen LogP contribution >= 0.6 is 0 Å². The van der Waals surface area contributed by atoms with Crippen molar-refractivity contribution in [2.45, 2.75) is 31.5 Å². The van der Waals surface area contributed by atoms with Crippen molar-refractivity contribution >= 4 is 0 Å². The Balaban J connectivity index is 1.39. The van der Waals surface area contributed by atoms with Gasteiger partial charge in [0.25, 0.3) is 0 Å². The van der Waals surface area contributed by atoms with E-state index in [1.54, 1.807) is 19.6 Å². The molecule has 4 rings (SSSR count). The summed E-state index contributed by atoms with van der Waals surface area (Å²) >= 11 is 0. The number of hydrogen-bond acceptors (Lipinski definition) is 5. The molecule has 0 atom stereocenters. The summed E-state index contributed by atoms with van der Waals surface area (Å²) in [6.07, 6.45) is 10.7. The largest absolute Gasteiger partial charge is 0.497 e. The quantitative estimate of drug-likeness (QED) is 0.723. The minimum Gasteiger partial charge on any atom is -0.497 e. The number of benzene rings is 1. The second-order valence-electron chi connectivity index (χ2n) is 7.15. The maximum Gasteiger partial charge on any atom is 0.127 e. The van der Waals surface area contributed by atoms with Crippen molar-refractivity contribution in [2.24, 2.45) is 0 Å². The Morgan fingerprint density at radius 2 is 1.89 bits per heavy atom. The van der Waals surface area contributed by atoms with E-state index in [9.17, 15) is 5.11 Å². The highest BCUT2D eigenvalue weighted by Gasteiger charge is 2.32. The molecule has 142 valence electrons. The predicted molar refractivity (Wildman–Crippen MR) is 102 cm³/mol. The van der Waals surface area contributed by atoms with E-state index < -0.39 is 5.60 Å². The van der Waals surface area contributed by atoms with Crippen molar-refractivity contribution < 1.29 is 9.84 Å². The first kappa shape index (κ1) is 17.8. The number of nitrogens with zero attached hydrogens (tertiary/aromatic N) is 5. The number of piperidine rings is 1. The van der Waals surface area contributed by atoms with E-state index in [2.05, 4.69) is 19.4 Å². The van der Waals surface area contributed by atoms with Gasteiger partial charge in [-0.15, -0.1) is 0 Å². The fraction of sp³-hybridized carbons (Fsp3) is 0.400. The number of aromatic nitrogens is 4. The molecular weight excluding hydrogens is 342 g/mol. The lowest BCUT2D eigenvalue weighted by Gasteiger charge is -2.38. The van der Waals surface area contributed by atoms with E-state index in [-0.39, 0.29) is 0 Å². The zero-order valence-electron chi connectivity index (χ0n) is 15.5. The van der Waals surface area contributed by atoms with Gasteiger partial charge in [0, 0.05) is 43.6 Å². The van der Waals surface area contributed by atoms with Gasteiger partial charge in [0.15, 0.2) is 0 Å². The number of hydrogen-bond donors (Lipinski definition) is 1. The van der Waals surface area contributed by atoms with Crippen LogP contribution in [0, 0.1) is 0 Å². The number of likely N-dealkylation sites (tertiary alicyclic amines) is 1. The summed E-state index contributed by atoms with van der Waals surface area (Å²) in [5.41, 5.74) is 0.403. The molecule has 7 nitrogen and oxygen atoms in total. The first-order valence-electron chi connectivity index (χ1n) is 9.22. The van der Waals surface area contributed by atoms with E-state index >= 15 is 0 Å². The lowest BCUT2D eigenvalue weighted by Crippen LogP contribution is -2.46. The van der Waals surface area contributed by atoms with Crippen molar-refractivity contribution in [3.63, 3.8) is 0 Å². The number of ether oxygens (including phenoxy) is 1. The molecule has 0 amide bonds. The van der Waals surface area contributed by atoms with Crippen LogP contribution in [0.4, 0.5) is 0 Å². The van der Waals surface area contributed by atoms with Gasteiger partial charge in [0.2, 0.25) is 0 Å². The highest BCUT2D eigenvalue weighted by atomic mass is 16.5. The molecule has 3 heterocycles. The van der Waals surface area contributed by atoms with Gasteiger partial charge in [0.1, 0.15) is 11.6 Å².